The number of rotatable bonds is 5. The summed E-state index contributed by atoms with van der Waals surface area (Å²) < 4.78 is 1.00. The van der Waals surface area contributed by atoms with Crippen molar-refractivity contribution < 1.29 is 9.90 Å². The minimum absolute atomic E-state index is 0.0719. The molecule has 0 fully saturated rings. The number of fused-ring (bicyclic) bond motifs is 1. The van der Waals surface area contributed by atoms with Crippen LogP contribution < -0.4 is 5.32 Å². The van der Waals surface area contributed by atoms with E-state index in [1.807, 2.05) is 29.2 Å². The van der Waals surface area contributed by atoms with Gasteiger partial charge >= 0.3 is 0 Å². The molecule has 7 heteroatoms. The summed E-state index contributed by atoms with van der Waals surface area (Å²) in [6.45, 7) is 10.3. The zero-order valence-electron chi connectivity index (χ0n) is 19.8. The zero-order valence-corrected chi connectivity index (χ0v) is 21.4. The Kier molecular flexibility index (Phi) is 7.03. The number of carbonyl (C=O) groups excluding carboxylic acids is 1. The van der Waals surface area contributed by atoms with Crippen molar-refractivity contribution in [2.24, 2.45) is 0 Å². The quantitative estimate of drug-likeness (QED) is 0.613. The average molecular weight is 513 g/mol. The number of aliphatic hydroxyl groups excluding tert-OH is 1. The van der Waals surface area contributed by atoms with Crippen LogP contribution in [0.3, 0.4) is 0 Å². The van der Waals surface area contributed by atoms with Crippen LogP contribution in [0.4, 0.5) is 0 Å². The molecule has 0 radical (unpaired) electrons. The second-order valence-electron chi connectivity index (χ2n) is 10.2. The summed E-state index contributed by atoms with van der Waals surface area (Å²) >= 11 is 3.49. The summed E-state index contributed by atoms with van der Waals surface area (Å²) in [4.78, 5) is 24.5. The molecule has 0 saturated heterocycles. The molecular weight excluding hydrogens is 480 g/mol. The fourth-order valence-corrected chi connectivity index (χ4v) is 5.00. The fraction of sp³-hybridized carbons (Fsp3) is 0.500. The van der Waals surface area contributed by atoms with Crippen molar-refractivity contribution in [3.63, 3.8) is 0 Å². The second kappa shape index (κ2) is 9.65. The molecule has 1 aliphatic carbocycles. The third kappa shape index (κ3) is 5.36. The van der Waals surface area contributed by atoms with Crippen LogP contribution in [0, 0.1) is 0 Å². The van der Waals surface area contributed by atoms with Crippen molar-refractivity contribution in [2.45, 2.75) is 64.0 Å². The van der Waals surface area contributed by atoms with Gasteiger partial charge in [0.25, 0.3) is 0 Å². The second-order valence-corrected chi connectivity index (χ2v) is 11.1. The molecule has 2 aromatic rings. The van der Waals surface area contributed by atoms with E-state index in [2.05, 4.69) is 65.0 Å². The van der Waals surface area contributed by atoms with Crippen LogP contribution in [-0.2, 0) is 4.79 Å². The summed E-state index contributed by atoms with van der Waals surface area (Å²) in [6.07, 6.45) is 4.60. The van der Waals surface area contributed by atoms with Crippen molar-refractivity contribution in [3.8, 4) is 0 Å². The highest BCUT2D eigenvalue weighted by Crippen LogP contribution is 2.42. The minimum Gasteiger partial charge on any atom is -0.387 e. The first-order valence-corrected chi connectivity index (χ1v) is 12.4. The van der Waals surface area contributed by atoms with Crippen molar-refractivity contribution in [2.75, 3.05) is 19.6 Å². The molecule has 0 bridgehead atoms. The predicted octanol–water partition coefficient (Wildman–Crippen LogP) is 4.57. The summed E-state index contributed by atoms with van der Waals surface area (Å²) in [5, 5.41) is 13.8. The SMILES string of the molecule is C[C@@H]1C[C@@H](O)c2ncnc(C3=CCN(C(=O)C(CNC(C)(C)C)c4ccc(Br)cc4)CC3)c21. The Morgan fingerprint density at radius 2 is 2.00 bits per heavy atom. The lowest BCUT2D eigenvalue weighted by Gasteiger charge is -2.32. The number of aliphatic hydroxyl groups is 1. The van der Waals surface area contributed by atoms with Gasteiger partial charge in [0.05, 0.1) is 23.4 Å². The van der Waals surface area contributed by atoms with Gasteiger partial charge in [0.1, 0.15) is 6.33 Å². The molecule has 2 aliphatic rings. The maximum Gasteiger partial charge on any atom is 0.231 e. The van der Waals surface area contributed by atoms with Gasteiger partial charge in [-0.1, -0.05) is 41.1 Å². The van der Waals surface area contributed by atoms with E-state index >= 15 is 0 Å². The normalized spacial score (nSPS) is 21.5. The van der Waals surface area contributed by atoms with Gasteiger partial charge in [-0.2, -0.15) is 0 Å². The summed E-state index contributed by atoms with van der Waals surface area (Å²) in [6, 6.07) is 8.04. The van der Waals surface area contributed by atoms with Crippen LogP contribution in [0.5, 0.6) is 0 Å². The van der Waals surface area contributed by atoms with Crippen molar-refractivity contribution >= 4 is 27.4 Å². The van der Waals surface area contributed by atoms with E-state index in [4.69, 9.17) is 0 Å². The highest BCUT2D eigenvalue weighted by molar-refractivity contribution is 9.10. The van der Waals surface area contributed by atoms with Gasteiger partial charge in [-0.3, -0.25) is 4.79 Å². The molecule has 1 amide bonds. The van der Waals surface area contributed by atoms with E-state index in [9.17, 15) is 9.90 Å². The number of nitrogens with one attached hydrogen (secondary N) is 1. The Morgan fingerprint density at radius 3 is 2.64 bits per heavy atom. The van der Waals surface area contributed by atoms with Crippen LogP contribution in [0.15, 0.2) is 41.1 Å². The van der Waals surface area contributed by atoms with Gasteiger partial charge in [-0.15, -0.1) is 0 Å². The molecule has 33 heavy (non-hydrogen) atoms. The Balaban J connectivity index is 1.54. The third-order valence-corrected chi connectivity index (χ3v) is 7.06. The predicted molar refractivity (Wildman–Crippen MR) is 134 cm³/mol. The molecule has 1 aromatic heterocycles. The van der Waals surface area contributed by atoms with Gasteiger partial charge in [-0.25, -0.2) is 9.97 Å². The highest BCUT2D eigenvalue weighted by atomic mass is 79.9. The lowest BCUT2D eigenvalue weighted by Crippen LogP contribution is -2.45. The number of carbonyl (C=O) groups is 1. The van der Waals surface area contributed by atoms with Crippen LogP contribution in [0.2, 0.25) is 0 Å². The van der Waals surface area contributed by atoms with Crippen molar-refractivity contribution in [1.82, 2.24) is 20.2 Å². The average Bonchev–Trinajstić information content (AvgIpc) is 3.08. The summed E-state index contributed by atoms with van der Waals surface area (Å²) in [7, 11) is 0. The molecule has 1 aliphatic heterocycles. The van der Waals surface area contributed by atoms with Gasteiger partial charge in [-0.05, 0) is 62.8 Å². The smallest absolute Gasteiger partial charge is 0.231 e. The van der Waals surface area contributed by atoms with E-state index in [-0.39, 0.29) is 23.3 Å². The third-order valence-electron chi connectivity index (χ3n) is 6.53. The molecule has 176 valence electrons. The van der Waals surface area contributed by atoms with Crippen molar-refractivity contribution in [1.29, 1.82) is 0 Å². The first-order valence-electron chi connectivity index (χ1n) is 11.7. The number of aromatic nitrogens is 2. The van der Waals surface area contributed by atoms with E-state index in [0.29, 0.717) is 26.1 Å². The molecule has 2 heterocycles. The van der Waals surface area contributed by atoms with Gasteiger partial charge < -0.3 is 15.3 Å². The molecule has 0 spiro atoms. The maximum absolute atomic E-state index is 13.6. The van der Waals surface area contributed by atoms with Gasteiger partial charge in [0, 0.05) is 35.2 Å². The largest absolute Gasteiger partial charge is 0.387 e. The topological polar surface area (TPSA) is 78.4 Å². The van der Waals surface area contributed by atoms with E-state index in [1.54, 1.807) is 6.33 Å². The lowest BCUT2D eigenvalue weighted by molar-refractivity contribution is -0.132. The number of hydrogen-bond donors (Lipinski definition) is 2. The van der Waals surface area contributed by atoms with Crippen LogP contribution >= 0.6 is 15.9 Å². The maximum atomic E-state index is 13.6. The van der Waals surface area contributed by atoms with E-state index in [1.165, 1.54) is 0 Å². The molecule has 1 aromatic carbocycles. The molecular formula is C26H33BrN4O2. The number of nitrogens with zero attached hydrogens (tertiary/aromatic N) is 3. The zero-order chi connectivity index (χ0) is 23.8. The Hall–Kier alpha value is -2.09. The van der Waals surface area contributed by atoms with Crippen molar-refractivity contribution in [3.05, 3.63) is 63.7 Å². The van der Waals surface area contributed by atoms with Crippen LogP contribution in [0.25, 0.3) is 5.57 Å². The monoisotopic (exact) mass is 512 g/mol. The van der Waals surface area contributed by atoms with E-state index in [0.717, 1.165) is 39.0 Å². The molecule has 6 nitrogen and oxygen atoms in total. The van der Waals surface area contributed by atoms with Gasteiger partial charge in [0.2, 0.25) is 5.91 Å². The standard InChI is InChI=1S/C26H33BrN4O2/c1-16-13-21(32)24-22(16)23(28-15-29-24)18-9-11-31(12-10-18)25(33)20(14-30-26(2,3)4)17-5-7-19(27)8-6-17/h5-9,15-16,20-21,30,32H,10-14H2,1-4H3/t16-,20?,21-/m1/s1. The summed E-state index contributed by atoms with van der Waals surface area (Å²) in [5.41, 5.74) is 4.86. The van der Waals surface area contributed by atoms with Gasteiger partial charge in [0.15, 0.2) is 0 Å². The van der Waals surface area contributed by atoms with Crippen LogP contribution in [0.1, 0.15) is 81.0 Å². The first kappa shape index (κ1) is 24.0. The number of amides is 1. The number of halogens is 1. The summed E-state index contributed by atoms with van der Waals surface area (Å²) in [5.74, 6) is 0.129. The molecule has 1 unspecified atom stereocenters. The molecule has 3 atom stereocenters. The molecule has 2 N–H and O–H groups in total. The molecule has 0 saturated carbocycles. The minimum atomic E-state index is -0.513. The fourth-order valence-electron chi connectivity index (χ4n) is 4.74. The Bertz CT molecular complexity index is 1050. The Labute approximate surface area is 204 Å². The lowest BCUT2D eigenvalue weighted by atomic mass is 9.93. The Morgan fingerprint density at radius 1 is 1.27 bits per heavy atom. The molecule has 4 rings (SSSR count). The van der Waals surface area contributed by atoms with Crippen LogP contribution in [-0.4, -0.2) is 51.1 Å². The van der Waals surface area contributed by atoms with E-state index < -0.39 is 6.10 Å². The number of hydrogen-bond acceptors (Lipinski definition) is 5. The number of benzene rings is 1. The first-order chi connectivity index (χ1) is 15.6. The highest BCUT2D eigenvalue weighted by Gasteiger charge is 2.33.